The maximum atomic E-state index is 10.7. The van der Waals surface area contributed by atoms with Crippen molar-refractivity contribution in [3.05, 3.63) is 21.8 Å². The second kappa shape index (κ2) is 5.49. The molecule has 15 heavy (non-hydrogen) atoms. The molecule has 4 nitrogen and oxygen atoms in total. The molecule has 0 saturated carbocycles. The first-order valence-electron chi connectivity index (χ1n) is 3.83. The number of nitrogens with two attached hydrogens (primary N) is 1. The van der Waals surface area contributed by atoms with Gasteiger partial charge in [0.2, 0.25) is 10.0 Å². The number of rotatable bonds is 4. The van der Waals surface area contributed by atoms with Gasteiger partial charge in [-0.25, -0.2) is 18.5 Å². The van der Waals surface area contributed by atoms with E-state index in [1.54, 1.807) is 12.3 Å². The first kappa shape index (κ1) is 13.2. The third-order valence-corrected chi connectivity index (χ3v) is 4.25. The van der Waals surface area contributed by atoms with Gasteiger partial charge in [0.15, 0.2) is 0 Å². The van der Waals surface area contributed by atoms with Crippen molar-refractivity contribution in [1.82, 2.24) is 4.98 Å². The van der Waals surface area contributed by atoms with E-state index in [0.717, 1.165) is 4.47 Å². The zero-order chi connectivity index (χ0) is 11.5. The molecular weight excluding hydrogens is 324 g/mol. The van der Waals surface area contributed by atoms with Crippen LogP contribution in [0.5, 0.6) is 0 Å². The summed E-state index contributed by atoms with van der Waals surface area (Å²) in [6.07, 6.45) is 1.60. The zero-order valence-electron chi connectivity index (χ0n) is 7.48. The number of pyridine rings is 1. The van der Waals surface area contributed by atoms with Crippen LogP contribution in [0.25, 0.3) is 0 Å². The second-order valence-electron chi connectivity index (χ2n) is 2.66. The quantitative estimate of drug-likeness (QED) is 0.855. The summed E-state index contributed by atoms with van der Waals surface area (Å²) >= 11 is 10.4. The third-order valence-electron chi connectivity index (χ3n) is 1.38. The van der Waals surface area contributed by atoms with Crippen molar-refractivity contribution in [3.8, 4) is 0 Å². The molecule has 0 bridgehead atoms. The normalized spacial score (nSPS) is 11.7. The van der Waals surface area contributed by atoms with Gasteiger partial charge in [-0.2, -0.15) is 0 Å². The molecule has 1 rings (SSSR count). The Bertz CT molecular complexity index is 452. The third kappa shape index (κ3) is 5.17. The van der Waals surface area contributed by atoms with Crippen molar-refractivity contribution in [3.63, 3.8) is 0 Å². The van der Waals surface area contributed by atoms with E-state index in [1.165, 1.54) is 11.8 Å². The Hall–Kier alpha value is 0.180. The molecule has 0 unspecified atom stereocenters. The van der Waals surface area contributed by atoms with Gasteiger partial charge >= 0.3 is 0 Å². The maximum absolute atomic E-state index is 10.7. The van der Waals surface area contributed by atoms with Gasteiger partial charge in [0, 0.05) is 16.4 Å². The molecule has 0 aromatic carbocycles. The van der Waals surface area contributed by atoms with Crippen LogP contribution in [0.3, 0.4) is 0 Å². The minimum Gasteiger partial charge on any atom is -0.247 e. The van der Waals surface area contributed by atoms with Crippen LogP contribution >= 0.6 is 39.3 Å². The van der Waals surface area contributed by atoms with Gasteiger partial charge in [-0.05, 0) is 22.0 Å². The van der Waals surface area contributed by atoms with E-state index < -0.39 is 10.0 Å². The van der Waals surface area contributed by atoms with E-state index in [0.29, 0.717) is 15.8 Å². The summed E-state index contributed by atoms with van der Waals surface area (Å²) in [6, 6.07) is 1.70. The topological polar surface area (TPSA) is 73.1 Å². The number of hydrogen-bond donors (Lipinski definition) is 1. The van der Waals surface area contributed by atoms with E-state index >= 15 is 0 Å². The van der Waals surface area contributed by atoms with Crippen molar-refractivity contribution in [2.24, 2.45) is 5.14 Å². The van der Waals surface area contributed by atoms with Crippen molar-refractivity contribution >= 4 is 49.3 Å². The van der Waals surface area contributed by atoms with Crippen LogP contribution in [0.4, 0.5) is 0 Å². The van der Waals surface area contributed by atoms with Crippen LogP contribution in [-0.2, 0) is 10.0 Å². The summed E-state index contributed by atoms with van der Waals surface area (Å²) in [4.78, 5) is 4.05. The number of hydrogen-bond acceptors (Lipinski definition) is 4. The van der Waals surface area contributed by atoms with Crippen molar-refractivity contribution in [2.45, 2.75) is 5.03 Å². The molecule has 0 spiro atoms. The summed E-state index contributed by atoms with van der Waals surface area (Å²) in [5, 5.41) is 5.95. The van der Waals surface area contributed by atoms with Crippen LogP contribution in [0.15, 0.2) is 21.8 Å². The number of aromatic nitrogens is 1. The first-order chi connectivity index (χ1) is 6.88. The number of halogens is 2. The predicted octanol–water partition coefficient (Wildman–Crippen LogP) is 1.88. The van der Waals surface area contributed by atoms with E-state index in [9.17, 15) is 8.42 Å². The molecule has 0 saturated heterocycles. The molecule has 0 amide bonds. The monoisotopic (exact) mass is 330 g/mol. The Kier molecular flexibility index (Phi) is 4.85. The SMILES string of the molecule is NS(=O)(=O)CCSc1ncc(Br)cc1Cl. The zero-order valence-corrected chi connectivity index (χ0v) is 11.5. The summed E-state index contributed by atoms with van der Waals surface area (Å²) in [7, 11) is -3.42. The first-order valence-corrected chi connectivity index (χ1v) is 7.70. The molecule has 0 aliphatic carbocycles. The summed E-state index contributed by atoms with van der Waals surface area (Å²) in [5.74, 6) is 0.249. The molecule has 1 aromatic rings. The fourth-order valence-corrected chi connectivity index (χ4v) is 3.34. The highest BCUT2D eigenvalue weighted by molar-refractivity contribution is 9.10. The van der Waals surface area contributed by atoms with Gasteiger partial charge in [-0.3, -0.25) is 0 Å². The van der Waals surface area contributed by atoms with Crippen LogP contribution in [0, 0.1) is 0 Å². The van der Waals surface area contributed by atoms with E-state index in [2.05, 4.69) is 20.9 Å². The molecule has 8 heteroatoms. The minimum atomic E-state index is -3.42. The Labute approximate surface area is 106 Å². The van der Waals surface area contributed by atoms with E-state index in [4.69, 9.17) is 16.7 Å². The number of thioether (sulfide) groups is 1. The lowest BCUT2D eigenvalue weighted by Gasteiger charge is -2.02. The Balaban J connectivity index is 2.59. The van der Waals surface area contributed by atoms with Gasteiger partial charge in [0.25, 0.3) is 0 Å². The number of nitrogens with zero attached hydrogens (tertiary/aromatic N) is 1. The fourth-order valence-electron chi connectivity index (χ4n) is 0.763. The average molecular weight is 332 g/mol. The van der Waals surface area contributed by atoms with Crippen LogP contribution in [-0.4, -0.2) is 24.9 Å². The largest absolute Gasteiger partial charge is 0.247 e. The molecule has 0 aliphatic rings. The smallest absolute Gasteiger partial charge is 0.209 e. The predicted molar refractivity (Wildman–Crippen MR) is 65.6 cm³/mol. The summed E-state index contributed by atoms with van der Waals surface area (Å²) in [5.41, 5.74) is 0. The van der Waals surface area contributed by atoms with Gasteiger partial charge < -0.3 is 0 Å². The lowest BCUT2D eigenvalue weighted by Crippen LogP contribution is -2.17. The standard InChI is InChI=1S/C7H8BrClN2O2S2/c8-5-3-6(9)7(11-4-5)14-1-2-15(10,12)13/h3-4H,1-2H2,(H2,10,12,13). The van der Waals surface area contributed by atoms with Crippen molar-refractivity contribution in [2.75, 3.05) is 11.5 Å². The van der Waals surface area contributed by atoms with Crippen LogP contribution < -0.4 is 5.14 Å². The van der Waals surface area contributed by atoms with Gasteiger partial charge in [0.05, 0.1) is 10.8 Å². The Morgan fingerprint density at radius 1 is 1.60 bits per heavy atom. The molecule has 0 atom stereocenters. The van der Waals surface area contributed by atoms with Crippen LogP contribution in [0.2, 0.25) is 5.02 Å². The molecule has 1 aromatic heterocycles. The maximum Gasteiger partial charge on any atom is 0.209 e. The van der Waals surface area contributed by atoms with Crippen molar-refractivity contribution < 1.29 is 8.42 Å². The Morgan fingerprint density at radius 2 is 2.27 bits per heavy atom. The molecule has 0 aliphatic heterocycles. The molecule has 2 N–H and O–H groups in total. The van der Waals surface area contributed by atoms with Crippen LogP contribution in [0.1, 0.15) is 0 Å². The minimum absolute atomic E-state index is 0.0915. The lowest BCUT2D eigenvalue weighted by molar-refractivity contribution is 0.599. The molecule has 0 radical (unpaired) electrons. The average Bonchev–Trinajstić information content (AvgIpc) is 2.07. The second-order valence-corrected chi connectivity index (χ2v) is 6.80. The fraction of sp³-hybridized carbons (Fsp3) is 0.286. The van der Waals surface area contributed by atoms with E-state index in [1.807, 2.05) is 0 Å². The number of primary sulfonamides is 1. The highest BCUT2D eigenvalue weighted by Crippen LogP contribution is 2.27. The van der Waals surface area contributed by atoms with Gasteiger partial charge in [-0.1, -0.05) is 11.6 Å². The van der Waals surface area contributed by atoms with Gasteiger partial charge in [0.1, 0.15) is 5.03 Å². The van der Waals surface area contributed by atoms with Gasteiger partial charge in [-0.15, -0.1) is 11.8 Å². The molecule has 0 fully saturated rings. The molecular formula is C7H8BrClN2O2S2. The summed E-state index contributed by atoms with van der Waals surface area (Å²) in [6.45, 7) is 0. The van der Waals surface area contributed by atoms with Crippen molar-refractivity contribution in [1.29, 1.82) is 0 Å². The highest BCUT2D eigenvalue weighted by atomic mass is 79.9. The highest BCUT2D eigenvalue weighted by Gasteiger charge is 2.06. The Morgan fingerprint density at radius 3 is 2.80 bits per heavy atom. The number of sulfonamides is 1. The molecule has 1 heterocycles. The molecule has 84 valence electrons. The lowest BCUT2D eigenvalue weighted by atomic mass is 10.5. The van der Waals surface area contributed by atoms with E-state index in [-0.39, 0.29) is 5.75 Å². The summed E-state index contributed by atoms with van der Waals surface area (Å²) < 4.78 is 22.1.